The summed E-state index contributed by atoms with van der Waals surface area (Å²) in [5, 5.41) is 0.569. The molecular formula is C10H9BrN2OS. The quantitative estimate of drug-likeness (QED) is 0.922. The van der Waals surface area contributed by atoms with Gasteiger partial charge in [0.15, 0.2) is 5.13 Å². The SMILES string of the molecule is COc1cccc(-c2cnc(N)s2)c1Br. The number of rotatable bonds is 2. The topological polar surface area (TPSA) is 48.1 Å². The zero-order valence-electron chi connectivity index (χ0n) is 8.03. The molecule has 5 heteroatoms. The molecule has 0 aliphatic carbocycles. The van der Waals surface area contributed by atoms with E-state index in [0.29, 0.717) is 5.13 Å². The molecule has 3 nitrogen and oxygen atoms in total. The third-order valence-electron chi connectivity index (χ3n) is 1.97. The average molecular weight is 285 g/mol. The van der Waals surface area contributed by atoms with Crippen molar-refractivity contribution in [2.24, 2.45) is 0 Å². The van der Waals surface area contributed by atoms with Gasteiger partial charge < -0.3 is 10.5 Å². The minimum Gasteiger partial charge on any atom is -0.496 e. The molecule has 0 amide bonds. The van der Waals surface area contributed by atoms with Crippen molar-refractivity contribution in [3.63, 3.8) is 0 Å². The number of nitrogens with two attached hydrogens (primary N) is 1. The van der Waals surface area contributed by atoms with Gasteiger partial charge in [-0.3, -0.25) is 0 Å². The minimum absolute atomic E-state index is 0.569. The lowest BCUT2D eigenvalue weighted by atomic mass is 10.2. The number of ether oxygens (including phenoxy) is 1. The Morgan fingerprint density at radius 3 is 2.87 bits per heavy atom. The first-order chi connectivity index (χ1) is 7.22. The van der Waals surface area contributed by atoms with Gasteiger partial charge in [0.2, 0.25) is 0 Å². The van der Waals surface area contributed by atoms with Crippen molar-refractivity contribution in [1.82, 2.24) is 4.98 Å². The van der Waals surface area contributed by atoms with Crippen molar-refractivity contribution in [3.05, 3.63) is 28.9 Å². The number of anilines is 1. The van der Waals surface area contributed by atoms with Gasteiger partial charge in [0, 0.05) is 11.8 Å². The highest BCUT2D eigenvalue weighted by atomic mass is 79.9. The Hall–Kier alpha value is -1.07. The normalized spacial score (nSPS) is 10.3. The Labute approximate surface area is 100 Å². The van der Waals surface area contributed by atoms with Crippen LogP contribution >= 0.6 is 27.3 Å². The van der Waals surface area contributed by atoms with Crippen LogP contribution in [0, 0.1) is 0 Å². The summed E-state index contributed by atoms with van der Waals surface area (Å²) in [6.45, 7) is 0. The van der Waals surface area contributed by atoms with Crippen LogP contribution in [0.15, 0.2) is 28.9 Å². The van der Waals surface area contributed by atoms with Crippen molar-refractivity contribution in [3.8, 4) is 16.2 Å². The van der Waals surface area contributed by atoms with Crippen LogP contribution < -0.4 is 10.5 Å². The summed E-state index contributed by atoms with van der Waals surface area (Å²) in [5.41, 5.74) is 6.64. The van der Waals surface area contributed by atoms with E-state index in [-0.39, 0.29) is 0 Å². The highest BCUT2D eigenvalue weighted by molar-refractivity contribution is 9.10. The van der Waals surface area contributed by atoms with Gasteiger partial charge in [-0.05, 0) is 22.0 Å². The molecule has 2 N–H and O–H groups in total. The molecule has 2 rings (SSSR count). The van der Waals surface area contributed by atoms with Gasteiger partial charge in [0.05, 0.1) is 16.5 Å². The predicted molar refractivity (Wildman–Crippen MR) is 66.2 cm³/mol. The lowest BCUT2D eigenvalue weighted by Gasteiger charge is -2.06. The Bertz CT molecular complexity index is 484. The summed E-state index contributed by atoms with van der Waals surface area (Å²) in [5.74, 6) is 0.805. The Morgan fingerprint density at radius 1 is 1.47 bits per heavy atom. The van der Waals surface area contributed by atoms with Crippen LogP contribution in [0.4, 0.5) is 5.13 Å². The van der Waals surface area contributed by atoms with E-state index in [1.807, 2.05) is 18.2 Å². The third kappa shape index (κ3) is 1.98. The second-order valence-electron chi connectivity index (χ2n) is 2.88. The van der Waals surface area contributed by atoms with E-state index >= 15 is 0 Å². The van der Waals surface area contributed by atoms with E-state index < -0.39 is 0 Å². The van der Waals surface area contributed by atoms with Gasteiger partial charge in [-0.15, -0.1) is 0 Å². The Morgan fingerprint density at radius 2 is 2.27 bits per heavy atom. The van der Waals surface area contributed by atoms with E-state index in [0.717, 1.165) is 20.7 Å². The maximum absolute atomic E-state index is 5.60. The summed E-state index contributed by atoms with van der Waals surface area (Å²) in [6, 6.07) is 5.84. The first kappa shape index (κ1) is 10.4. The molecule has 0 saturated heterocycles. The molecular weight excluding hydrogens is 276 g/mol. The van der Waals surface area contributed by atoms with Gasteiger partial charge >= 0.3 is 0 Å². The molecule has 0 aliphatic heterocycles. The average Bonchev–Trinajstić information content (AvgIpc) is 2.65. The standard InChI is InChI=1S/C10H9BrN2OS/c1-14-7-4-2-3-6(9(7)11)8-5-13-10(12)15-8/h2-5H,1H3,(H2,12,13). The van der Waals surface area contributed by atoms with Crippen molar-refractivity contribution < 1.29 is 4.74 Å². The molecule has 0 fully saturated rings. The van der Waals surface area contributed by atoms with Crippen LogP contribution in [0.2, 0.25) is 0 Å². The number of methoxy groups -OCH3 is 1. The molecule has 0 spiro atoms. The number of nitrogens with zero attached hydrogens (tertiary/aromatic N) is 1. The molecule has 0 aliphatic rings. The smallest absolute Gasteiger partial charge is 0.180 e. The predicted octanol–water partition coefficient (Wildman–Crippen LogP) is 3.16. The van der Waals surface area contributed by atoms with Crippen molar-refractivity contribution in [2.45, 2.75) is 0 Å². The lowest BCUT2D eigenvalue weighted by Crippen LogP contribution is -1.85. The summed E-state index contributed by atoms with van der Waals surface area (Å²) < 4.78 is 6.15. The summed E-state index contributed by atoms with van der Waals surface area (Å²) in [7, 11) is 1.64. The number of halogens is 1. The molecule has 0 radical (unpaired) electrons. The van der Waals surface area contributed by atoms with Gasteiger partial charge in [-0.2, -0.15) is 0 Å². The second kappa shape index (κ2) is 4.20. The number of hydrogen-bond acceptors (Lipinski definition) is 4. The fourth-order valence-corrected chi connectivity index (χ4v) is 2.76. The first-order valence-electron chi connectivity index (χ1n) is 4.26. The van der Waals surface area contributed by atoms with E-state index in [1.165, 1.54) is 11.3 Å². The monoisotopic (exact) mass is 284 g/mol. The highest BCUT2D eigenvalue weighted by Gasteiger charge is 2.09. The summed E-state index contributed by atoms with van der Waals surface area (Å²) in [4.78, 5) is 5.05. The maximum atomic E-state index is 5.60. The van der Waals surface area contributed by atoms with Crippen molar-refractivity contribution >= 4 is 32.4 Å². The van der Waals surface area contributed by atoms with Gasteiger partial charge in [0.25, 0.3) is 0 Å². The molecule has 1 heterocycles. The number of benzene rings is 1. The third-order valence-corrected chi connectivity index (χ3v) is 3.65. The Kier molecular flexibility index (Phi) is 2.93. The number of thiazole rings is 1. The second-order valence-corrected chi connectivity index (χ2v) is 4.74. The molecule has 1 aromatic heterocycles. The number of nitrogen functional groups attached to an aromatic ring is 1. The first-order valence-corrected chi connectivity index (χ1v) is 5.87. The molecule has 78 valence electrons. The molecule has 0 atom stereocenters. The summed E-state index contributed by atoms with van der Waals surface area (Å²) >= 11 is 4.96. The van der Waals surface area contributed by atoms with Crippen LogP contribution in [-0.2, 0) is 0 Å². The minimum atomic E-state index is 0.569. The van der Waals surface area contributed by atoms with E-state index in [2.05, 4.69) is 20.9 Å². The van der Waals surface area contributed by atoms with E-state index in [4.69, 9.17) is 10.5 Å². The zero-order valence-corrected chi connectivity index (χ0v) is 10.4. The molecule has 0 saturated carbocycles. The number of hydrogen-bond donors (Lipinski definition) is 1. The lowest BCUT2D eigenvalue weighted by molar-refractivity contribution is 0.412. The van der Waals surface area contributed by atoms with Gasteiger partial charge in [-0.25, -0.2) is 4.98 Å². The fraction of sp³-hybridized carbons (Fsp3) is 0.100. The van der Waals surface area contributed by atoms with Crippen LogP contribution in [0.5, 0.6) is 5.75 Å². The van der Waals surface area contributed by atoms with Crippen LogP contribution in [0.25, 0.3) is 10.4 Å². The van der Waals surface area contributed by atoms with Gasteiger partial charge in [-0.1, -0.05) is 23.5 Å². The molecule has 0 bridgehead atoms. The largest absolute Gasteiger partial charge is 0.496 e. The van der Waals surface area contributed by atoms with E-state index in [1.54, 1.807) is 13.3 Å². The van der Waals surface area contributed by atoms with Crippen LogP contribution in [0.3, 0.4) is 0 Å². The van der Waals surface area contributed by atoms with E-state index in [9.17, 15) is 0 Å². The molecule has 1 aromatic carbocycles. The number of aromatic nitrogens is 1. The Balaban J connectivity index is 2.53. The molecule has 0 unspecified atom stereocenters. The van der Waals surface area contributed by atoms with Crippen LogP contribution in [0.1, 0.15) is 0 Å². The maximum Gasteiger partial charge on any atom is 0.180 e. The van der Waals surface area contributed by atoms with Crippen LogP contribution in [-0.4, -0.2) is 12.1 Å². The molecule has 2 aromatic rings. The zero-order chi connectivity index (χ0) is 10.8. The van der Waals surface area contributed by atoms with Crippen molar-refractivity contribution in [1.29, 1.82) is 0 Å². The van der Waals surface area contributed by atoms with Gasteiger partial charge in [0.1, 0.15) is 5.75 Å². The molecule has 15 heavy (non-hydrogen) atoms. The summed E-state index contributed by atoms with van der Waals surface area (Å²) in [6.07, 6.45) is 1.76. The van der Waals surface area contributed by atoms with Crippen molar-refractivity contribution in [2.75, 3.05) is 12.8 Å². The highest BCUT2D eigenvalue weighted by Crippen LogP contribution is 2.38. The fourth-order valence-electron chi connectivity index (χ4n) is 1.27.